The monoisotopic (exact) mass is 368 g/mol. The molecule has 0 aliphatic rings. The summed E-state index contributed by atoms with van der Waals surface area (Å²) in [5.74, 6) is -0.538. The molecule has 138 valence electrons. The van der Waals surface area contributed by atoms with E-state index in [4.69, 9.17) is 13.9 Å². The molecule has 27 heavy (non-hydrogen) atoms. The van der Waals surface area contributed by atoms with Crippen LogP contribution in [0.2, 0.25) is 0 Å². The number of benzene rings is 2. The zero-order valence-electron chi connectivity index (χ0n) is 14.6. The molecule has 0 spiro atoms. The van der Waals surface area contributed by atoms with E-state index in [-0.39, 0.29) is 17.9 Å². The molecule has 0 amide bonds. The maximum Gasteiger partial charge on any atom is 0.374 e. The highest BCUT2D eigenvalue weighted by molar-refractivity contribution is 6.01. The molecule has 0 unspecified atom stereocenters. The van der Waals surface area contributed by atoms with Gasteiger partial charge in [-0.25, -0.2) is 9.18 Å². The number of hydrogen-bond donors (Lipinski definition) is 0. The van der Waals surface area contributed by atoms with Crippen molar-refractivity contribution in [1.82, 2.24) is 0 Å². The Morgan fingerprint density at radius 1 is 1.00 bits per heavy atom. The lowest BCUT2D eigenvalue weighted by atomic mass is 10.1. The number of rotatable bonds is 7. The van der Waals surface area contributed by atoms with Crippen molar-refractivity contribution in [1.29, 1.82) is 0 Å². The second kappa shape index (κ2) is 8.31. The van der Waals surface area contributed by atoms with Gasteiger partial charge in [0.1, 0.15) is 23.9 Å². The van der Waals surface area contributed by atoms with Crippen LogP contribution in [0, 0.1) is 5.82 Å². The number of ether oxygens (including phenoxy) is 2. The highest BCUT2D eigenvalue weighted by Crippen LogP contribution is 2.16. The minimum Gasteiger partial charge on any atom is -0.486 e. The van der Waals surface area contributed by atoms with E-state index < -0.39 is 23.7 Å². The Balaban J connectivity index is 1.57. The van der Waals surface area contributed by atoms with E-state index in [0.29, 0.717) is 11.5 Å². The fourth-order valence-electron chi connectivity index (χ4n) is 2.36. The average molecular weight is 368 g/mol. The highest BCUT2D eigenvalue weighted by atomic mass is 19.1. The number of para-hydroxylation sites is 1. The summed E-state index contributed by atoms with van der Waals surface area (Å²) in [4.78, 5) is 24.4. The van der Waals surface area contributed by atoms with Crippen LogP contribution in [0.5, 0.6) is 5.75 Å². The first-order chi connectivity index (χ1) is 13.0. The van der Waals surface area contributed by atoms with Crippen molar-refractivity contribution in [2.75, 3.05) is 0 Å². The fraction of sp³-hybridized carbons (Fsp3) is 0.143. The second-order valence-electron chi connectivity index (χ2n) is 5.79. The molecule has 0 bridgehead atoms. The second-order valence-corrected chi connectivity index (χ2v) is 5.79. The topological polar surface area (TPSA) is 65.7 Å². The van der Waals surface area contributed by atoms with Gasteiger partial charge < -0.3 is 13.9 Å². The number of Topliss-reactive ketones (excluding diaryl/α,β-unsaturated/α-hetero) is 1. The van der Waals surface area contributed by atoms with Crippen LogP contribution in [0.15, 0.2) is 71.1 Å². The summed E-state index contributed by atoms with van der Waals surface area (Å²) in [5.41, 5.74) is 0.257. The van der Waals surface area contributed by atoms with Gasteiger partial charge in [0.25, 0.3) is 0 Å². The SMILES string of the molecule is C[C@@H](OC(=O)c1ccc(COc2ccccc2)o1)C(=O)c1ccc(F)cc1. The molecule has 5 nitrogen and oxygen atoms in total. The van der Waals surface area contributed by atoms with Gasteiger partial charge >= 0.3 is 5.97 Å². The maximum atomic E-state index is 12.9. The molecule has 0 N–H and O–H groups in total. The number of carbonyl (C=O) groups excluding carboxylic acids is 2. The Morgan fingerprint density at radius 3 is 2.41 bits per heavy atom. The van der Waals surface area contributed by atoms with Gasteiger partial charge in [0, 0.05) is 5.56 Å². The van der Waals surface area contributed by atoms with Crippen molar-refractivity contribution in [3.63, 3.8) is 0 Å². The molecule has 0 fully saturated rings. The Hall–Kier alpha value is -3.41. The number of furan rings is 1. The lowest BCUT2D eigenvalue weighted by Crippen LogP contribution is -2.24. The van der Waals surface area contributed by atoms with E-state index in [0.717, 1.165) is 0 Å². The Morgan fingerprint density at radius 2 is 1.70 bits per heavy atom. The van der Waals surface area contributed by atoms with E-state index in [1.54, 1.807) is 18.2 Å². The molecular weight excluding hydrogens is 351 g/mol. The smallest absolute Gasteiger partial charge is 0.374 e. The van der Waals surface area contributed by atoms with Gasteiger partial charge in [-0.2, -0.15) is 0 Å². The third kappa shape index (κ3) is 4.82. The number of carbonyl (C=O) groups is 2. The molecule has 1 heterocycles. The molecular formula is C21H17FO5. The molecule has 1 atom stereocenters. The van der Waals surface area contributed by atoms with Crippen LogP contribution < -0.4 is 4.74 Å². The van der Waals surface area contributed by atoms with Crippen molar-refractivity contribution in [3.05, 3.63) is 89.6 Å². The first-order valence-corrected chi connectivity index (χ1v) is 8.30. The summed E-state index contributed by atoms with van der Waals surface area (Å²) >= 11 is 0. The van der Waals surface area contributed by atoms with E-state index >= 15 is 0 Å². The van der Waals surface area contributed by atoms with Crippen LogP contribution in [-0.4, -0.2) is 17.9 Å². The molecule has 0 radical (unpaired) electrons. The summed E-state index contributed by atoms with van der Waals surface area (Å²) in [7, 11) is 0. The highest BCUT2D eigenvalue weighted by Gasteiger charge is 2.22. The van der Waals surface area contributed by atoms with Gasteiger partial charge in [-0.3, -0.25) is 4.79 Å². The number of hydrogen-bond acceptors (Lipinski definition) is 5. The zero-order chi connectivity index (χ0) is 19.2. The number of halogens is 1. The first kappa shape index (κ1) is 18.4. The quantitative estimate of drug-likeness (QED) is 0.456. The predicted octanol–water partition coefficient (Wildman–Crippen LogP) is 4.43. The molecule has 0 aliphatic carbocycles. The number of ketones is 1. The molecule has 6 heteroatoms. The number of esters is 1. The van der Waals surface area contributed by atoms with Crippen molar-refractivity contribution < 1.29 is 27.9 Å². The lowest BCUT2D eigenvalue weighted by Gasteiger charge is -2.11. The van der Waals surface area contributed by atoms with Crippen LogP contribution in [0.3, 0.4) is 0 Å². The van der Waals surface area contributed by atoms with Crippen LogP contribution in [0.25, 0.3) is 0 Å². The van der Waals surface area contributed by atoms with Crippen LogP contribution >= 0.6 is 0 Å². The van der Waals surface area contributed by atoms with Crippen molar-refractivity contribution in [2.45, 2.75) is 19.6 Å². The van der Waals surface area contributed by atoms with Gasteiger partial charge in [-0.15, -0.1) is 0 Å². The minimum absolute atomic E-state index is 0.0274. The Labute approximate surface area is 155 Å². The molecule has 0 saturated carbocycles. The average Bonchev–Trinajstić information content (AvgIpc) is 3.16. The van der Waals surface area contributed by atoms with Crippen LogP contribution in [0.1, 0.15) is 33.6 Å². The summed E-state index contributed by atoms with van der Waals surface area (Å²) in [6, 6.07) is 17.3. The summed E-state index contributed by atoms with van der Waals surface area (Å²) in [6.45, 7) is 1.60. The normalized spacial score (nSPS) is 11.6. The van der Waals surface area contributed by atoms with Gasteiger partial charge in [-0.05, 0) is 55.5 Å². The molecule has 0 saturated heterocycles. The largest absolute Gasteiger partial charge is 0.486 e. The standard InChI is InChI=1S/C21H17FO5/c1-14(20(23)15-7-9-16(22)10-8-15)26-21(24)19-12-11-18(27-19)13-25-17-5-3-2-4-6-17/h2-12,14H,13H2,1H3/t14-/m1/s1. The molecule has 3 rings (SSSR count). The van der Waals surface area contributed by atoms with Gasteiger partial charge in [0.2, 0.25) is 11.5 Å². The fourth-order valence-corrected chi connectivity index (χ4v) is 2.36. The minimum atomic E-state index is -1.03. The van der Waals surface area contributed by atoms with E-state index in [1.807, 2.05) is 18.2 Å². The Bertz CT molecular complexity index is 915. The Kier molecular flexibility index (Phi) is 5.66. The van der Waals surface area contributed by atoms with Gasteiger partial charge in [0.05, 0.1) is 0 Å². The van der Waals surface area contributed by atoms with E-state index in [9.17, 15) is 14.0 Å². The van der Waals surface area contributed by atoms with E-state index in [2.05, 4.69) is 0 Å². The third-order valence-electron chi connectivity index (χ3n) is 3.77. The van der Waals surface area contributed by atoms with Gasteiger partial charge in [-0.1, -0.05) is 18.2 Å². The van der Waals surface area contributed by atoms with Crippen molar-refractivity contribution in [2.24, 2.45) is 0 Å². The molecule has 0 aliphatic heterocycles. The van der Waals surface area contributed by atoms with Crippen molar-refractivity contribution >= 4 is 11.8 Å². The molecule has 2 aromatic carbocycles. The van der Waals surface area contributed by atoms with Gasteiger partial charge in [0.15, 0.2) is 6.10 Å². The summed E-state index contributed by atoms with van der Waals surface area (Å²) in [6.07, 6.45) is -1.03. The van der Waals surface area contributed by atoms with Crippen LogP contribution in [0.4, 0.5) is 4.39 Å². The maximum absolute atomic E-state index is 12.9. The van der Waals surface area contributed by atoms with Crippen LogP contribution in [-0.2, 0) is 11.3 Å². The third-order valence-corrected chi connectivity index (χ3v) is 3.77. The first-order valence-electron chi connectivity index (χ1n) is 8.30. The summed E-state index contributed by atoms with van der Waals surface area (Å²) in [5, 5.41) is 0. The lowest BCUT2D eigenvalue weighted by molar-refractivity contribution is 0.0286. The van der Waals surface area contributed by atoms with E-state index in [1.165, 1.54) is 37.3 Å². The predicted molar refractivity (Wildman–Crippen MR) is 95.1 cm³/mol. The summed E-state index contributed by atoms with van der Waals surface area (Å²) < 4.78 is 29.0. The molecule has 3 aromatic rings. The molecule has 1 aromatic heterocycles. The van der Waals surface area contributed by atoms with Crippen molar-refractivity contribution in [3.8, 4) is 5.75 Å². The zero-order valence-corrected chi connectivity index (χ0v) is 14.6.